The molecule has 0 aliphatic heterocycles. The number of ether oxygens (including phenoxy) is 14. The van der Waals surface area contributed by atoms with Gasteiger partial charge in [-0.25, -0.2) is 62.3 Å². The molecular formula is C79H102O28. The fourth-order valence-corrected chi connectivity index (χ4v) is 6.53. The van der Waals surface area contributed by atoms with Gasteiger partial charge in [0.2, 0.25) is 0 Å². The van der Waals surface area contributed by atoms with Gasteiger partial charge in [0.05, 0.1) is 36.1 Å². The van der Waals surface area contributed by atoms with Crippen molar-refractivity contribution < 1.29 is 134 Å². The maximum atomic E-state index is 12.4. The Hall–Kier alpha value is -11.7. The Bertz CT molecular complexity index is 3070. The van der Waals surface area contributed by atoms with Gasteiger partial charge >= 0.3 is 77.6 Å². The Labute approximate surface area is 625 Å². The molecule has 0 aliphatic rings. The van der Waals surface area contributed by atoms with Crippen LogP contribution in [0.15, 0.2) is 197 Å². The first-order chi connectivity index (χ1) is 49.8. The van der Waals surface area contributed by atoms with Crippen LogP contribution in [0.4, 0.5) is 0 Å². The highest BCUT2D eigenvalue weighted by Crippen LogP contribution is 2.29. The first kappa shape index (κ1) is 99.5. The van der Waals surface area contributed by atoms with E-state index in [0.29, 0.717) is 0 Å². The highest BCUT2D eigenvalue weighted by molar-refractivity contribution is 5.91. The van der Waals surface area contributed by atoms with Crippen LogP contribution in [0.5, 0.6) is 0 Å². The van der Waals surface area contributed by atoms with Crippen LogP contribution < -0.4 is 0 Å². The molecule has 0 saturated carbocycles. The lowest BCUT2D eigenvalue weighted by molar-refractivity contribution is -0.172. The molecule has 0 aliphatic carbocycles. The van der Waals surface area contributed by atoms with E-state index in [1.54, 1.807) is 0 Å². The Morgan fingerprint density at radius 1 is 0.262 bits per heavy atom. The lowest BCUT2D eigenvalue weighted by atomic mass is 9.90. The third kappa shape index (κ3) is 42.7. The molecule has 0 fully saturated rings. The van der Waals surface area contributed by atoms with E-state index in [2.05, 4.69) is 98.7 Å². The summed E-state index contributed by atoms with van der Waals surface area (Å²) in [6.45, 7) is 59.7. The average Bonchev–Trinajstić information content (AvgIpc) is 0.843. The number of aliphatic hydroxyl groups is 1. The molecule has 107 heavy (non-hydrogen) atoms. The minimum absolute atomic E-state index is 0.0645. The molecule has 0 aromatic heterocycles. The third-order valence-electron chi connectivity index (χ3n) is 13.2. The van der Waals surface area contributed by atoms with E-state index >= 15 is 0 Å². The van der Waals surface area contributed by atoms with E-state index in [-0.39, 0.29) is 102 Å². The van der Waals surface area contributed by atoms with Gasteiger partial charge in [0.25, 0.3) is 0 Å². The fourth-order valence-electron chi connectivity index (χ4n) is 6.53. The van der Waals surface area contributed by atoms with Crippen LogP contribution >= 0.6 is 0 Å². The van der Waals surface area contributed by atoms with Gasteiger partial charge in [0.15, 0.2) is 0 Å². The zero-order valence-electron chi connectivity index (χ0n) is 63.1. The lowest BCUT2D eigenvalue weighted by Gasteiger charge is -2.35. The van der Waals surface area contributed by atoms with Crippen molar-refractivity contribution >= 4 is 89.8 Å². The normalized spacial score (nSPS) is 10.4. The monoisotopic (exact) mass is 1500 g/mol. The summed E-state index contributed by atoms with van der Waals surface area (Å²) in [5.74, 6) is -9.73. The smallest absolute Gasteiger partial charge is 0.333 e. The lowest BCUT2D eigenvalue weighted by Crippen LogP contribution is -2.47. The number of carbonyl (C=O) groups is 13. The fraction of sp³-hybridized carbons (Fsp3) is 0.380. The van der Waals surface area contributed by atoms with Crippen molar-refractivity contribution in [1.82, 2.24) is 0 Å². The Morgan fingerprint density at radius 2 is 0.402 bits per heavy atom. The van der Waals surface area contributed by atoms with Gasteiger partial charge in [-0.05, 0) is 80.4 Å². The van der Waals surface area contributed by atoms with E-state index in [1.165, 1.54) is 69.2 Å². The molecule has 0 radical (unpaired) electrons. The van der Waals surface area contributed by atoms with Crippen LogP contribution in [0.2, 0.25) is 0 Å². The molecule has 1 N–H and O–H groups in total. The molecule has 28 nitrogen and oxygen atoms in total. The van der Waals surface area contributed by atoms with Crippen LogP contribution in [0.3, 0.4) is 0 Å². The topological polar surface area (TPSA) is 371 Å². The molecule has 0 saturated heterocycles. The number of hydrogen-bond acceptors (Lipinski definition) is 28. The van der Waals surface area contributed by atoms with Gasteiger partial charge in [-0.2, -0.15) is 0 Å². The van der Waals surface area contributed by atoms with Gasteiger partial charge in [-0.3, -0.25) is 0 Å². The summed E-state index contributed by atoms with van der Waals surface area (Å²) < 4.78 is 73.4. The molecule has 0 atom stereocenters. The number of carbonyl (C=O) groups excluding carboxylic acids is 13. The van der Waals surface area contributed by atoms with E-state index < -0.39 is 159 Å². The van der Waals surface area contributed by atoms with E-state index in [1.807, 2.05) is 36.4 Å². The van der Waals surface area contributed by atoms with Crippen molar-refractivity contribution in [3.05, 3.63) is 208 Å². The Morgan fingerprint density at radius 3 is 0.523 bits per heavy atom. The quantitative estimate of drug-likeness (QED) is 0.0361. The Balaban J connectivity index is -0.00000152. The molecular weight excluding hydrogens is 1400 g/mol. The predicted molar refractivity (Wildman–Crippen MR) is 395 cm³/mol. The Kier molecular flexibility index (Phi) is 47.9. The molecule has 0 unspecified atom stereocenters. The van der Waals surface area contributed by atoms with Crippen LogP contribution in [0, 0.1) is 21.7 Å². The third-order valence-corrected chi connectivity index (χ3v) is 13.2. The van der Waals surface area contributed by atoms with Crippen LogP contribution in [0.25, 0.3) is 12.2 Å². The molecule has 28 heteroatoms. The van der Waals surface area contributed by atoms with Gasteiger partial charge < -0.3 is 71.4 Å². The van der Waals surface area contributed by atoms with Gasteiger partial charge in [0.1, 0.15) is 91.3 Å². The molecule has 0 heterocycles. The highest BCUT2D eigenvalue weighted by Gasteiger charge is 2.42. The summed E-state index contributed by atoms with van der Waals surface area (Å²) >= 11 is 0. The van der Waals surface area contributed by atoms with Crippen molar-refractivity contribution in [3.8, 4) is 0 Å². The summed E-state index contributed by atoms with van der Waals surface area (Å²) in [5.41, 5.74) is -2.48. The number of esters is 13. The zero-order valence-corrected chi connectivity index (χ0v) is 63.1. The largest absolute Gasteiger partial charge is 0.462 e. The number of hydrogen-bond donors (Lipinski definition) is 1. The SMILES string of the molecule is C=C(C)C(=O)OCC(COC(=O)C(=C)C)(COC(=O)C(=C)C)COC(=O)C(=C)C.C=C(C)C(=O)OCC(COCC(COC(=O)C(=C)C)(COC(=O)C(=C)C)COC(=O)C(=C)C)(COC(=O)C(=C)C)COC(=O)C(=C)C.C=CC(=O)OCC(CO)(COC(=O)C=C)COC(=O)C=C.C=Cc1ccc(C=C)cc1. The second-order valence-corrected chi connectivity index (χ2v) is 24.7. The van der Waals surface area contributed by atoms with E-state index in [0.717, 1.165) is 29.4 Å². The van der Waals surface area contributed by atoms with Crippen molar-refractivity contribution in [2.75, 3.05) is 106 Å². The first-order valence-electron chi connectivity index (χ1n) is 32.0. The molecule has 0 amide bonds. The molecule has 0 bridgehead atoms. The minimum atomic E-state index is -1.52. The summed E-state index contributed by atoms with van der Waals surface area (Å²) in [7, 11) is 0. The highest BCUT2D eigenvalue weighted by atomic mass is 16.6. The van der Waals surface area contributed by atoms with E-state index in [9.17, 15) is 67.4 Å². The molecule has 1 aromatic carbocycles. The second kappa shape index (κ2) is 51.5. The van der Waals surface area contributed by atoms with Crippen molar-refractivity contribution in [1.29, 1.82) is 0 Å². The molecule has 0 spiro atoms. The summed E-state index contributed by atoms with van der Waals surface area (Å²) in [6.07, 6.45) is 6.47. The number of benzene rings is 1. The van der Waals surface area contributed by atoms with Crippen molar-refractivity contribution in [3.63, 3.8) is 0 Å². The van der Waals surface area contributed by atoms with Crippen molar-refractivity contribution in [2.24, 2.45) is 21.7 Å². The first-order valence-corrected chi connectivity index (χ1v) is 32.0. The molecule has 586 valence electrons. The van der Waals surface area contributed by atoms with Crippen LogP contribution in [0.1, 0.15) is 80.4 Å². The molecule has 1 aromatic rings. The maximum absolute atomic E-state index is 12.4. The standard InChI is InChI=1S/C34H46O13.C21H28O8.C14H18O7.C10H10/c1-21(2)27(35)42-15-33(16-43-28(36)22(3)4,17-44-29(37)23(5)6)13-41-14-34(18-45-30(38)24(7)8,19-46-31(39)25(9)10)20-47-32(40)26(11)12;1-13(2)17(22)26-9-21(10-27-18(23)14(3)4,11-28-19(24)15(5)6)12-29-20(25)16(7)8;1-4-11(16)19-8-14(7-15,9-20-12(17)5-2)10-21-13(18)6-3;1-3-9-5-7-10(4-2)8-6-9/h1,3,5,7,9,11,13-20H2,2,4,6,8,10,12H3;1,3,5,7,9-12H2,2,4,6,8H3;4-6,15H,1-3,7-10H2;3-8H,1-2H2. The van der Waals surface area contributed by atoms with Gasteiger partial charge in [-0.1, -0.05) is 135 Å². The zero-order chi connectivity index (χ0) is 83.0. The summed E-state index contributed by atoms with van der Waals surface area (Å²) in [4.78, 5) is 155. The summed E-state index contributed by atoms with van der Waals surface area (Å²) in [5, 5.41) is 9.48. The number of aliphatic hydroxyl groups excluding tert-OH is 1. The predicted octanol–water partition coefficient (Wildman–Crippen LogP) is 9.27. The minimum Gasteiger partial charge on any atom is -0.462 e. The van der Waals surface area contributed by atoms with Gasteiger partial charge in [0, 0.05) is 74.0 Å². The van der Waals surface area contributed by atoms with Crippen LogP contribution in [-0.4, -0.2) is 188 Å². The van der Waals surface area contributed by atoms with Crippen LogP contribution in [-0.2, 0) is 129 Å². The average molecular weight is 1500 g/mol. The molecule has 1 rings (SSSR count). The number of rotatable bonds is 46. The second-order valence-electron chi connectivity index (χ2n) is 24.7. The van der Waals surface area contributed by atoms with E-state index in [4.69, 9.17) is 66.3 Å². The van der Waals surface area contributed by atoms with Crippen molar-refractivity contribution in [2.45, 2.75) is 69.2 Å². The maximum Gasteiger partial charge on any atom is 0.333 e. The van der Waals surface area contributed by atoms with Gasteiger partial charge in [-0.15, -0.1) is 0 Å². The summed E-state index contributed by atoms with van der Waals surface area (Å²) in [6, 6.07) is 8.07.